The lowest BCUT2D eigenvalue weighted by Gasteiger charge is -2.56. The number of Topliss-reactive ketones (excluding diaryl/α,β-unsaturated/α-hetero) is 1. The van der Waals surface area contributed by atoms with Crippen LogP contribution >= 0.6 is 0 Å². The van der Waals surface area contributed by atoms with Crippen LogP contribution in [0.2, 0.25) is 0 Å². The van der Waals surface area contributed by atoms with Gasteiger partial charge >= 0.3 is 0 Å². The Labute approximate surface area is 155 Å². The van der Waals surface area contributed by atoms with E-state index in [1.54, 1.807) is 0 Å². The zero-order valence-electron chi connectivity index (χ0n) is 15.4. The minimum absolute atomic E-state index is 0.0215. The van der Waals surface area contributed by atoms with Crippen LogP contribution in [-0.2, 0) is 4.79 Å². The molecule has 4 fully saturated rings. The highest BCUT2D eigenvalue weighted by Gasteiger charge is 2.54. The van der Waals surface area contributed by atoms with Gasteiger partial charge in [0.25, 0.3) is 0 Å². The largest absolute Gasteiger partial charge is 0.310 e. The first-order valence-electron chi connectivity index (χ1n) is 10.4. The molecule has 0 radical (unpaired) electrons. The van der Waals surface area contributed by atoms with Gasteiger partial charge < -0.3 is 9.80 Å². The normalized spacial score (nSPS) is 36.8. The second kappa shape index (κ2) is 5.34. The van der Waals surface area contributed by atoms with Crippen LogP contribution < -0.4 is 9.80 Å². The molecule has 1 aromatic carbocycles. The van der Waals surface area contributed by atoms with Crippen LogP contribution in [0.15, 0.2) is 29.3 Å². The highest BCUT2D eigenvalue weighted by molar-refractivity contribution is 6.18. The lowest BCUT2D eigenvalue weighted by molar-refractivity contribution is -0.142. The molecule has 1 aromatic rings. The van der Waals surface area contributed by atoms with Gasteiger partial charge in [-0.15, -0.1) is 0 Å². The number of benzene rings is 1. The highest BCUT2D eigenvalue weighted by Crippen LogP contribution is 2.60. The second-order valence-electron chi connectivity index (χ2n) is 9.38. The molecule has 136 valence electrons. The number of rotatable bonds is 3. The fourth-order valence-electron chi connectivity index (χ4n) is 7.00. The van der Waals surface area contributed by atoms with Gasteiger partial charge in [0.2, 0.25) is 5.96 Å². The van der Waals surface area contributed by atoms with Gasteiger partial charge in [0, 0.05) is 18.5 Å². The van der Waals surface area contributed by atoms with Gasteiger partial charge in [0.15, 0.2) is 5.78 Å². The molecule has 0 amide bonds. The Balaban J connectivity index is 1.32. The van der Waals surface area contributed by atoms with Crippen molar-refractivity contribution in [3.05, 3.63) is 24.3 Å². The summed E-state index contributed by atoms with van der Waals surface area (Å²) in [6.45, 7) is 2.40. The van der Waals surface area contributed by atoms with Crippen molar-refractivity contribution in [2.24, 2.45) is 28.2 Å². The molecule has 0 N–H and O–H groups in total. The van der Waals surface area contributed by atoms with E-state index in [4.69, 9.17) is 4.99 Å². The van der Waals surface area contributed by atoms with Crippen LogP contribution in [0.25, 0.3) is 0 Å². The van der Waals surface area contributed by atoms with Gasteiger partial charge in [0.1, 0.15) is 0 Å². The Kier molecular flexibility index (Phi) is 3.13. The van der Waals surface area contributed by atoms with Crippen molar-refractivity contribution in [1.82, 2.24) is 0 Å². The molecule has 0 atom stereocenters. The van der Waals surface area contributed by atoms with Crippen molar-refractivity contribution in [1.29, 1.82) is 0 Å². The number of guanidine groups is 1. The maximum absolute atomic E-state index is 13.6. The summed E-state index contributed by atoms with van der Waals surface area (Å²) >= 11 is 0. The van der Waals surface area contributed by atoms with Crippen molar-refractivity contribution < 1.29 is 4.79 Å². The van der Waals surface area contributed by atoms with Crippen molar-refractivity contribution in [2.75, 3.05) is 29.4 Å². The molecule has 4 bridgehead atoms. The molecule has 6 aliphatic rings. The summed E-state index contributed by atoms with van der Waals surface area (Å²) in [5.74, 6) is 3.95. The predicted octanol–water partition coefficient (Wildman–Crippen LogP) is 3.86. The standard InChI is InChI=1S/C22H27N3O/c26-20(22-11-15-8-16(12-22)10-17(9-15)13-22)14-25-19-5-2-1-4-18(19)24-7-3-6-23-21(24)25/h1-2,4-5,15-17H,3,6-14H2. The van der Waals surface area contributed by atoms with E-state index >= 15 is 0 Å². The fourth-order valence-corrected chi connectivity index (χ4v) is 7.00. The molecule has 4 nitrogen and oxygen atoms in total. The molecule has 0 saturated heterocycles. The molecule has 4 aliphatic carbocycles. The fraction of sp³-hybridized carbons (Fsp3) is 0.636. The number of hydrogen-bond acceptors (Lipinski definition) is 4. The van der Waals surface area contributed by atoms with Crippen LogP contribution in [-0.4, -0.2) is 31.4 Å². The third-order valence-corrected chi connectivity index (χ3v) is 7.67. The third kappa shape index (κ3) is 2.07. The topological polar surface area (TPSA) is 35.9 Å². The monoisotopic (exact) mass is 349 g/mol. The van der Waals surface area contributed by atoms with Crippen LogP contribution in [0.4, 0.5) is 11.4 Å². The molecule has 0 aromatic heterocycles. The van der Waals surface area contributed by atoms with Gasteiger partial charge in [-0.3, -0.25) is 9.79 Å². The quantitative estimate of drug-likeness (QED) is 0.831. The maximum atomic E-state index is 13.6. The van der Waals surface area contributed by atoms with Gasteiger partial charge in [-0.25, -0.2) is 0 Å². The van der Waals surface area contributed by atoms with E-state index < -0.39 is 0 Å². The van der Waals surface area contributed by atoms with Gasteiger partial charge in [-0.05, 0) is 74.8 Å². The van der Waals surface area contributed by atoms with Crippen molar-refractivity contribution in [3.8, 4) is 0 Å². The first-order chi connectivity index (χ1) is 12.7. The van der Waals surface area contributed by atoms with E-state index in [0.717, 1.165) is 62.5 Å². The molecular formula is C22H27N3O. The molecular weight excluding hydrogens is 322 g/mol. The summed E-state index contributed by atoms with van der Waals surface area (Å²) in [4.78, 5) is 23.0. The lowest BCUT2D eigenvalue weighted by Crippen LogP contribution is -2.53. The molecule has 0 unspecified atom stereocenters. The maximum Gasteiger partial charge on any atom is 0.206 e. The number of aliphatic imine (C=N–C) groups is 1. The third-order valence-electron chi connectivity index (χ3n) is 7.67. The van der Waals surface area contributed by atoms with E-state index in [1.165, 1.54) is 30.6 Å². The Hall–Kier alpha value is -1.84. The van der Waals surface area contributed by atoms with Crippen molar-refractivity contribution in [2.45, 2.75) is 44.9 Å². The van der Waals surface area contributed by atoms with Crippen LogP contribution in [0.1, 0.15) is 44.9 Å². The average molecular weight is 349 g/mol. The van der Waals surface area contributed by atoms with Gasteiger partial charge in [0.05, 0.1) is 17.9 Å². The molecule has 4 saturated carbocycles. The van der Waals surface area contributed by atoms with Crippen LogP contribution in [0.3, 0.4) is 0 Å². The summed E-state index contributed by atoms with van der Waals surface area (Å²) in [6.07, 6.45) is 8.73. The van der Waals surface area contributed by atoms with Gasteiger partial charge in [-0.2, -0.15) is 0 Å². The van der Waals surface area contributed by atoms with Crippen molar-refractivity contribution >= 4 is 23.1 Å². The minimum atomic E-state index is -0.0215. The zero-order valence-corrected chi connectivity index (χ0v) is 15.4. The number of carbonyl (C=O) groups excluding carboxylic acids is 1. The average Bonchev–Trinajstić information content (AvgIpc) is 2.95. The number of anilines is 2. The number of para-hydroxylation sites is 2. The van der Waals surface area contributed by atoms with E-state index in [9.17, 15) is 4.79 Å². The lowest BCUT2D eigenvalue weighted by atomic mass is 9.48. The van der Waals surface area contributed by atoms with Crippen LogP contribution in [0.5, 0.6) is 0 Å². The van der Waals surface area contributed by atoms with Crippen molar-refractivity contribution in [3.63, 3.8) is 0 Å². The minimum Gasteiger partial charge on any atom is -0.310 e. The van der Waals surface area contributed by atoms with E-state index in [-0.39, 0.29) is 5.41 Å². The van der Waals surface area contributed by atoms with E-state index in [0.29, 0.717) is 12.3 Å². The SMILES string of the molecule is O=C(CN1C2=NCCCN2c2ccccc21)C12CC3CC(CC(C3)C1)C2. The Bertz CT molecular complexity index is 763. The number of nitrogens with zero attached hydrogens (tertiary/aromatic N) is 3. The predicted molar refractivity (Wildman–Crippen MR) is 104 cm³/mol. The number of fused-ring (bicyclic) bond motifs is 3. The first kappa shape index (κ1) is 15.2. The molecule has 2 aliphatic heterocycles. The van der Waals surface area contributed by atoms with E-state index in [1.807, 2.05) is 0 Å². The number of hydrogen-bond donors (Lipinski definition) is 0. The highest BCUT2D eigenvalue weighted by atomic mass is 16.1. The number of ketones is 1. The molecule has 7 rings (SSSR count). The Morgan fingerprint density at radius 1 is 1.04 bits per heavy atom. The summed E-state index contributed by atoms with van der Waals surface area (Å²) in [7, 11) is 0. The molecule has 4 heteroatoms. The summed E-state index contributed by atoms with van der Waals surface area (Å²) in [5.41, 5.74) is 2.38. The van der Waals surface area contributed by atoms with E-state index in [2.05, 4.69) is 34.1 Å². The molecule has 26 heavy (non-hydrogen) atoms. The number of carbonyl (C=O) groups is 1. The van der Waals surface area contributed by atoms with Crippen LogP contribution in [0, 0.1) is 23.2 Å². The zero-order chi connectivity index (χ0) is 17.3. The smallest absolute Gasteiger partial charge is 0.206 e. The molecule has 0 spiro atoms. The van der Waals surface area contributed by atoms with Gasteiger partial charge in [-0.1, -0.05) is 12.1 Å². The second-order valence-corrected chi connectivity index (χ2v) is 9.38. The summed E-state index contributed by atoms with van der Waals surface area (Å²) in [6, 6.07) is 8.50. The molecule has 2 heterocycles. The first-order valence-corrected chi connectivity index (χ1v) is 10.4. The Morgan fingerprint density at radius 3 is 2.38 bits per heavy atom. The summed E-state index contributed by atoms with van der Waals surface area (Å²) < 4.78 is 0. The summed E-state index contributed by atoms with van der Waals surface area (Å²) in [5, 5.41) is 0. The Morgan fingerprint density at radius 2 is 1.69 bits per heavy atom.